The van der Waals surface area contributed by atoms with E-state index in [0.29, 0.717) is 11.8 Å². The van der Waals surface area contributed by atoms with Crippen molar-refractivity contribution >= 4 is 11.8 Å². The summed E-state index contributed by atoms with van der Waals surface area (Å²) in [5, 5.41) is 7.67. The van der Waals surface area contributed by atoms with Crippen LogP contribution in [0.2, 0.25) is 0 Å². The monoisotopic (exact) mass is 317 g/mol. The second-order valence-corrected chi connectivity index (χ2v) is 7.04. The standard InChI is InChI=1S/C17H23N3OS/c1-13(18-12-14-6-3-2-4-7-14)17-19-16(20-21-17)15-8-5-10-22-11-9-15/h2-4,6-7,13,15,18H,5,8-12H2,1H3/t13-,15-/m1/s1. The van der Waals surface area contributed by atoms with Crippen LogP contribution < -0.4 is 5.32 Å². The topological polar surface area (TPSA) is 51.0 Å². The molecule has 4 nitrogen and oxygen atoms in total. The van der Waals surface area contributed by atoms with E-state index in [1.54, 1.807) is 0 Å². The van der Waals surface area contributed by atoms with Crippen LogP contribution in [-0.4, -0.2) is 21.6 Å². The van der Waals surface area contributed by atoms with Crippen molar-refractivity contribution < 1.29 is 4.52 Å². The first kappa shape index (κ1) is 15.6. The van der Waals surface area contributed by atoms with E-state index in [2.05, 4.69) is 46.6 Å². The minimum atomic E-state index is 0.0709. The Kier molecular flexibility index (Phi) is 5.51. The zero-order chi connectivity index (χ0) is 15.2. The molecule has 1 aliphatic rings. The van der Waals surface area contributed by atoms with Crippen LogP contribution in [-0.2, 0) is 6.54 Å². The van der Waals surface area contributed by atoms with Gasteiger partial charge in [0.05, 0.1) is 6.04 Å². The summed E-state index contributed by atoms with van der Waals surface area (Å²) in [6.07, 6.45) is 3.59. The number of aromatic nitrogens is 2. The molecule has 0 radical (unpaired) electrons. The summed E-state index contributed by atoms with van der Waals surface area (Å²) < 4.78 is 5.48. The average molecular weight is 317 g/mol. The summed E-state index contributed by atoms with van der Waals surface area (Å²) in [5.41, 5.74) is 1.26. The van der Waals surface area contributed by atoms with E-state index in [-0.39, 0.29) is 6.04 Å². The summed E-state index contributed by atoms with van der Waals surface area (Å²) in [4.78, 5) is 4.64. The predicted octanol–water partition coefficient (Wildman–Crippen LogP) is 3.92. The Balaban J connectivity index is 1.57. The summed E-state index contributed by atoms with van der Waals surface area (Å²) in [7, 11) is 0. The molecule has 0 bridgehead atoms. The van der Waals surface area contributed by atoms with Crippen molar-refractivity contribution in [1.29, 1.82) is 0 Å². The van der Waals surface area contributed by atoms with Gasteiger partial charge in [-0.2, -0.15) is 16.7 Å². The van der Waals surface area contributed by atoms with Crippen LogP contribution in [0.5, 0.6) is 0 Å². The molecule has 22 heavy (non-hydrogen) atoms. The Morgan fingerprint density at radius 3 is 3.00 bits per heavy atom. The first-order chi connectivity index (χ1) is 10.8. The Morgan fingerprint density at radius 2 is 2.14 bits per heavy atom. The molecule has 0 amide bonds. The van der Waals surface area contributed by atoms with E-state index in [0.717, 1.165) is 18.8 Å². The van der Waals surface area contributed by atoms with Crippen LogP contribution in [0.4, 0.5) is 0 Å². The van der Waals surface area contributed by atoms with Crippen molar-refractivity contribution in [3.8, 4) is 0 Å². The number of nitrogens with zero attached hydrogens (tertiary/aromatic N) is 2. The van der Waals surface area contributed by atoms with Crippen LogP contribution in [0.1, 0.15) is 55.4 Å². The number of hydrogen-bond acceptors (Lipinski definition) is 5. The van der Waals surface area contributed by atoms with Gasteiger partial charge in [-0.05, 0) is 43.3 Å². The van der Waals surface area contributed by atoms with Gasteiger partial charge < -0.3 is 9.84 Å². The highest BCUT2D eigenvalue weighted by Gasteiger charge is 2.21. The molecule has 5 heteroatoms. The molecule has 0 saturated carbocycles. The minimum absolute atomic E-state index is 0.0709. The van der Waals surface area contributed by atoms with Crippen molar-refractivity contribution in [2.75, 3.05) is 11.5 Å². The Morgan fingerprint density at radius 1 is 1.27 bits per heavy atom. The minimum Gasteiger partial charge on any atom is -0.338 e. The third kappa shape index (κ3) is 4.11. The predicted molar refractivity (Wildman–Crippen MR) is 89.9 cm³/mol. The largest absolute Gasteiger partial charge is 0.338 e. The van der Waals surface area contributed by atoms with Gasteiger partial charge in [0.1, 0.15) is 0 Å². The van der Waals surface area contributed by atoms with Gasteiger partial charge in [-0.25, -0.2) is 0 Å². The lowest BCUT2D eigenvalue weighted by Gasteiger charge is -2.10. The molecule has 2 atom stereocenters. The van der Waals surface area contributed by atoms with E-state index in [1.807, 2.05) is 17.8 Å². The van der Waals surface area contributed by atoms with Gasteiger partial charge in [-0.3, -0.25) is 0 Å². The molecule has 1 aromatic heterocycles. The zero-order valence-corrected chi connectivity index (χ0v) is 13.8. The second kappa shape index (κ2) is 7.79. The number of nitrogens with one attached hydrogen (secondary N) is 1. The van der Waals surface area contributed by atoms with E-state index < -0.39 is 0 Å². The first-order valence-electron chi connectivity index (χ1n) is 8.01. The molecule has 2 heterocycles. The van der Waals surface area contributed by atoms with Crippen molar-refractivity contribution in [1.82, 2.24) is 15.5 Å². The molecular weight excluding hydrogens is 294 g/mol. The molecule has 0 unspecified atom stereocenters. The van der Waals surface area contributed by atoms with Crippen molar-refractivity contribution in [2.24, 2.45) is 0 Å². The lowest BCUT2D eigenvalue weighted by atomic mass is 10.0. The molecule has 3 rings (SSSR count). The molecule has 0 spiro atoms. The van der Waals surface area contributed by atoms with Crippen LogP contribution in [0, 0.1) is 0 Å². The summed E-state index contributed by atoms with van der Waals surface area (Å²) in [5.74, 6) is 4.52. The van der Waals surface area contributed by atoms with Crippen molar-refractivity contribution in [3.05, 3.63) is 47.6 Å². The Labute approximate surface area is 136 Å². The van der Waals surface area contributed by atoms with Gasteiger partial charge >= 0.3 is 0 Å². The normalized spacial score (nSPS) is 20.5. The number of rotatable bonds is 5. The Hall–Kier alpha value is -1.33. The number of thioether (sulfide) groups is 1. The zero-order valence-electron chi connectivity index (χ0n) is 13.0. The number of hydrogen-bond donors (Lipinski definition) is 1. The smallest absolute Gasteiger partial charge is 0.243 e. The molecule has 1 saturated heterocycles. The molecule has 118 valence electrons. The SMILES string of the molecule is C[C@@H](NCc1ccccc1)c1nc([C@@H]2CCCSCC2)no1. The average Bonchev–Trinajstić information content (AvgIpc) is 2.89. The van der Waals surface area contributed by atoms with Gasteiger partial charge in [0, 0.05) is 12.5 Å². The molecule has 1 N–H and O–H groups in total. The van der Waals surface area contributed by atoms with Crippen LogP contribution in [0.25, 0.3) is 0 Å². The fourth-order valence-corrected chi connectivity index (χ4v) is 3.73. The van der Waals surface area contributed by atoms with Crippen LogP contribution in [0.15, 0.2) is 34.9 Å². The van der Waals surface area contributed by atoms with Gasteiger partial charge in [-0.1, -0.05) is 35.5 Å². The first-order valence-corrected chi connectivity index (χ1v) is 9.17. The summed E-state index contributed by atoms with van der Waals surface area (Å²) in [6.45, 7) is 2.88. The van der Waals surface area contributed by atoms with Crippen LogP contribution >= 0.6 is 11.8 Å². The van der Waals surface area contributed by atoms with Gasteiger partial charge in [0.15, 0.2) is 5.82 Å². The van der Waals surface area contributed by atoms with E-state index in [4.69, 9.17) is 4.52 Å². The van der Waals surface area contributed by atoms with E-state index in [1.165, 1.54) is 29.9 Å². The molecule has 2 aromatic rings. The second-order valence-electron chi connectivity index (χ2n) is 5.82. The molecule has 1 fully saturated rings. The van der Waals surface area contributed by atoms with Crippen molar-refractivity contribution in [3.63, 3.8) is 0 Å². The maximum Gasteiger partial charge on any atom is 0.243 e. The fraction of sp³-hybridized carbons (Fsp3) is 0.529. The van der Waals surface area contributed by atoms with Gasteiger partial charge in [-0.15, -0.1) is 0 Å². The lowest BCUT2D eigenvalue weighted by molar-refractivity contribution is 0.333. The summed E-state index contributed by atoms with van der Waals surface area (Å²) >= 11 is 2.03. The third-order valence-corrected chi connectivity index (χ3v) is 5.20. The third-order valence-electron chi connectivity index (χ3n) is 4.10. The highest BCUT2D eigenvalue weighted by atomic mass is 32.2. The van der Waals surface area contributed by atoms with Crippen LogP contribution in [0.3, 0.4) is 0 Å². The van der Waals surface area contributed by atoms with E-state index in [9.17, 15) is 0 Å². The highest BCUT2D eigenvalue weighted by Crippen LogP contribution is 2.29. The lowest BCUT2D eigenvalue weighted by Crippen LogP contribution is -2.18. The quantitative estimate of drug-likeness (QED) is 0.906. The van der Waals surface area contributed by atoms with Crippen molar-refractivity contribution in [2.45, 2.75) is 44.7 Å². The maximum atomic E-state index is 5.48. The summed E-state index contributed by atoms with van der Waals surface area (Å²) in [6, 6.07) is 10.4. The molecule has 1 aliphatic heterocycles. The molecular formula is C17H23N3OS. The highest BCUT2D eigenvalue weighted by molar-refractivity contribution is 7.99. The van der Waals surface area contributed by atoms with Gasteiger partial charge in [0.25, 0.3) is 0 Å². The number of benzene rings is 1. The van der Waals surface area contributed by atoms with E-state index >= 15 is 0 Å². The fourth-order valence-electron chi connectivity index (χ4n) is 2.71. The Bertz CT molecular complexity index is 564. The molecule has 0 aliphatic carbocycles. The van der Waals surface area contributed by atoms with Gasteiger partial charge in [0.2, 0.25) is 5.89 Å². The maximum absolute atomic E-state index is 5.48. The molecule has 1 aromatic carbocycles.